The van der Waals surface area contributed by atoms with E-state index in [1.54, 1.807) is 17.0 Å². The van der Waals surface area contributed by atoms with E-state index >= 15 is 0 Å². The van der Waals surface area contributed by atoms with Crippen LogP contribution in [0.25, 0.3) is 17.0 Å². The summed E-state index contributed by atoms with van der Waals surface area (Å²) in [5.74, 6) is -1.11. The lowest BCUT2D eigenvalue weighted by Crippen LogP contribution is -2.28. The highest BCUT2D eigenvalue weighted by Crippen LogP contribution is 2.37. The van der Waals surface area contributed by atoms with E-state index in [1.807, 2.05) is 25.1 Å². The van der Waals surface area contributed by atoms with Crippen LogP contribution in [0.4, 0.5) is 5.69 Å². The van der Waals surface area contributed by atoms with Crippen LogP contribution in [0, 0.1) is 13.8 Å². The lowest BCUT2D eigenvalue weighted by atomic mass is 10.1. The summed E-state index contributed by atoms with van der Waals surface area (Å²) in [5, 5.41) is 10.9. The molecule has 1 aliphatic rings. The number of aromatic nitrogens is 1. The van der Waals surface area contributed by atoms with E-state index in [0.717, 1.165) is 28.7 Å². The molecule has 37 heavy (non-hydrogen) atoms. The summed E-state index contributed by atoms with van der Waals surface area (Å²) in [4.78, 5) is 31.6. The second-order valence-corrected chi connectivity index (χ2v) is 10.0. The SMILES string of the molecule is CCN1C(=O)/C(=C\c2c(C)n(Cc3cccc(C)c3)c3ccccc23)SC1=Nc1cccc(C(=O)O)c1. The van der Waals surface area contributed by atoms with Gasteiger partial charge in [-0.05, 0) is 68.4 Å². The van der Waals surface area contributed by atoms with Gasteiger partial charge in [-0.2, -0.15) is 0 Å². The molecule has 0 unspecified atom stereocenters. The summed E-state index contributed by atoms with van der Waals surface area (Å²) >= 11 is 1.32. The Kier molecular flexibility index (Phi) is 6.72. The van der Waals surface area contributed by atoms with Gasteiger partial charge in [-0.15, -0.1) is 0 Å². The lowest BCUT2D eigenvalue weighted by molar-refractivity contribution is -0.122. The molecule has 1 amide bonds. The number of amides is 1. The van der Waals surface area contributed by atoms with E-state index in [9.17, 15) is 14.7 Å². The van der Waals surface area contributed by atoms with Crippen molar-refractivity contribution >= 4 is 51.5 Å². The third-order valence-corrected chi connectivity index (χ3v) is 7.51. The van der Waals surface area contributed by atoms with Crippen LogP contribution in [0.5, 0.6) is 0 Å². The van der Waals surface area contributed by atoms with Crippen LogP contribution >= 0.6 is 11.8 Å². The Morgan fingerprint density at radius 2 is 1.81 bits per heavy atom. The maximum atomic E-state index is 13.4. The largest absolute Gasteiger partial charge is 0.478 e. The Bertz CT molecular complexity index is 1600. The van der Waals surface area contributed by atoms with Gasteiger partial charge in [0.1, 0.15) is 0 Å². The molecule has 3 aromatic carbocycles. The average molecular weight is 510 g/mol. The van der Waals surface area contributed by atoms with Crippen LogP contribution in [0.15, 0.2) is 82.7 Å². The van der Waals surface area contributed by atoms with Gasteiger partial charge in [0.05, 0.1) is 16.2 Å². The fourth-order valence-electron chi connectivity index (χ4n) is 4.66. The first-order chi connectivity index (χ1) is 17.9. The number of carbonyl (C=O) groups excluding carboxylic acids is 1. The standard InChI is InChI=1S/C30H27N3O3S/c1-4-32-28(34)27(37-30(32)31-23-12-8-11-22(16-23)29(35)36)17-25-20(3)33(26-14-6-5-13-24(25)26)18-21-10-7-9-19(2)15-21/h5-17H,4,18H2,1-3H3,(H,35,36)/b27-17+,31-30?. The number of hydrogen-bond donors (Lipinski definition) is 1. The molecule has 7 heteroatoms. The number of benzene rings is 3. The van der Waals surface area contributed by atoms with Gasteiger partial charge in [0.2, 0.25) is 0 Å². The van der Waals surface area contributed by atoms with Gasteiger partial charge >= 0.3 is 5.97 Å². The van der Waals surface area contributed by atoms with Crippen LogP contribution in [-0.2, 0) is 11.3 Å². The maximum absolute atomic E-state index is 13.4. The molecule has 1 N–H and O–H groups in total. The van der Waals surface area contributed by atoms with Gasteiger partial charge in [-0.1, -0.05) is 54.1 Å². The van der Waals surface area contributed by atoms with Gasteiger partial charge in [-0.25, -0.2) is 9.79 Å². The predicted molar refractivity (Wildman–Crippen MR) is 150 cm³/mol. The zero-order valence-electron chi connectivity index (χ0n) is 20.9. The normalized spacial score (nSPS) is 15.9. The minimum absolute atomic E-state index is 0.101. The van der Waals surface area contributed by atoms with Crippen molar-refractivity contribution in [1.82, 2.24) is 9.47 Å². The second-order valence-electron chi connectivity index (χ2n) is 9.00. The zero-order valence-corrected chi connectivity index (χ0v) is 21.7. The van der Waals surface area contributed by atoms with Crippen molar-refractivity contribution in [2.24, 2.45) is 4.99 Å². The molecular formula is C30H27N3O3S. The smallest absolute Gasteiger partial charge is 0.335 e. The first-order valence-electron chi connectivity index (χ1n) is 12.1. The molecule has 1 aliphatic heterocycles. The number of likely N-dealkylation sites (N-methyl/N-ethyl adjacent to an activating group) is 1. The molecule has 0 atom stereocenters. The fraction of sp³-hybridized carbons (Fsp3) is 0.167. The molecule has 5 rings (SSSR count). The van der Waals surface area contributed by atoms with Gasteiger partial charge in [0.15, 0.2) is 5.17 Å². The molecule has 186 valence electrons. The van der Waals surface area contributed by atoms with Gasteiger partial charge in [0, 0.05) is 35.2 Å². The number of thioether (sulfide) groups is 1. The van der Waals surface area contributed by atoms with Crippen molar-refractivity contribution in [3.63, 3.8) is 0 Å². The highest BCUT2D eigenvalue weighted by molar-refractivity contribution is 8.18. The number of fused-ring (bicyclic) bond motifs is 1. The van der Waals surface area contributed by atoms with Gasteiger partial charge < -0.3 is 9.67 Å². The number of aliphatic imine (C=N–C) groups is 1. The summed E-state index contributed by atoms with van der Waals surface area (Å²) in [7, 11) is 0. The molecule has 0 aliphatic carbocycles. The molecule has 2 heterocycles. The van der Waals surface area contributed by atoms with Crippen molar-refractivity contribution in [2.45, 2.75) is 27.3 Å². The summed E-state index contributed by atoms with van der Waals surface area (Å²) < 4.78 is 2.30. The molecule has 1 aromatic heterocycles. The Hall–Kier alpha value is -4.10. The second kappa shape index (κ2) is 10.1. The Labute approximate surface area is 219 Å². The lowest BCUT2D eigenvalue weighted by Gasteiger charge is -2.12. The topological polar surface area (TPSA) is 74.9 Å². The van der Waals surface area contributed by atoms with Crippen molar-refractivity contribution in [3.05, 3.63) is 106 Å². The van der Waals surface area contributed by atoms with Crippen LogP contribution in [0.2, 0.25) is 0 Å². The monoisotopic (exact) mass is 509 g/mol. The quantitative estimate of drug-likeness (QED) is 0.296. The van der Waals surface area contributed by atoms with E-state index in [4.69, 9.17) is 0 Å². The molecule has 0 radical (unpaired) electrons. The predicted octanol–water partition coefficient (Wildman–Crippen LogP) is 6.63. The number of carbonyl (C=O) groups is 2. The molecule has 4 aromatic rings. The van der Waals surface area contributed by atoms with Crippen LogP contribution in [0.1, 0.15) is 39.7 Å². The molecule has 0 spiro atoms. The number of hydrogen-bond acceptors (Lipinski definition) is 4. The number of carboxylic acids is 1. The number of aryl methyl sites for hydroxylation is 1. The Balaban J connectivity index is 1.55. The summed E-state index contributed by atoms with van der Waals surface area (Å²) in [6.07, 6.45) is 1.97. The van der Waals surface area contributed by atoms with Crippen molar-refractivity contribution in [2.75, 3.05) is 6.54 Å². The minimum Gasteiger partial charge on any atom is -0.478 e. The van der Waals surface area contributed by atoms with Crippen molar-refractivity contribution < 1.29 is 14.7 Å². The maximum Gasteiger partial charge on any atom is 0.335 e. The van der Waals surface area contributed by atoms with Crippen LogP contribution in [0.3, 0.4) is 0 Å². The molecule has 6 nitrogen and oxygen atoms in total. The minimum atomic E-state index is -1.01. The number of rotatable bonds is 6. The first kappa shape index (κ1) is 24.6. The van der Waals surface area contributed by atoms with Gasteiger partial charge in [-0.3, -0.25) is 9.69 Å². The number of carboxylic acid groups (broad SMARTS) is 1. The molecule has 0 bridgehead atoms. The average Bonchev–Trinajstić information content (AvgIpc) is 3.32. The number of nitrogens with zero attached hydrogens (tertiary/aromatic N) is 3. The zero-order chi connectivity index (χ0) is 26.1. The van der Waals surface area contributed by atoms with Crippen molar-refractivity contribution in [1.29, 1.82) is 0 Å². The van der Waals surface area contributed by atoms with Gasteiger partial charge in [0.25, 0.3) is 5.91 Å². The van der Waals surface area contributed by atoms with Crippen LogP contribution < -0.4 is 0 Å². The highest BCUT2D eigenvalue weighted by Gasteiger charge is 2.33. The Morgan fingerprint density at radius 3 is 2.57 bits per heavy atom. The fourth-order valence-corrected chi connectivity index (χ4v) is 5.70. The van der Waals surface area contributed by atoms with E-state index < -0.39 is 5.97 Å². The Morgan fingerprint density at radius 1 is 1.03 bits per heavy atom. The first-order valence-corrected chi connectivity index (χ1v) is 12.9. The summed E-state index contributed by atoms with van der Waals surface area (Å²) in [6.45, 7) is 7.31. The molecule has 0 saturated carbocycles. The summed E-state index contributed by atoms with van der Waals surface area (Å²) in [6, 6.07) is 23.2. The number of aromatic carboxylic acids is 1. The third kappa shape index (κ3) is 4.82. The van der Waals surface area contributed by atoms with Crippen molar-refractivity contribution in [3.8, 4) is 0 Å². The van der Waals surface area contributed by atoms with E-state index in [2.05, 4.69) is 59.8 Å². The van der Waals surface area contributed by atoms with E-state index in [-0.39, 0.29) is 11.5 Å². The molecule has 1 saturated heterocycles. The van der Waals surface area contributed by atoms with E-state index in [1.165, 1.54) is 35.0 Å². The summed E-state index contributed by atoms with van der Waals surface area (Å²) in [5.41, 5.74) is 6.34. The number of para-hydroxylation sites is 1. The molecular weight excluding hydrogens is 482 g/mol. The number of amidine groups is 1. The molecule has 1 fully saturated rings. The highest BCUT2D eigenvalue weighted by atomic mass is 32.2. The van der Waals surface area contributed by atoms with E-state index in [0.29, 0.717) is 22.3 Å². The van der Waals surface area contributed by atoms with Crippen LogP contribution in [-0.4, -0.2) is 38.2 Å². The third-order valence-electron chi connectivity index (χ3n) is 6.50.